The number of sulfonamides is 1. The maximum atomic E-state index is 13.9. The molecule has 2 N–H and O–H groups in total. The van der Waals surface area contributed by atoms with E-state index in [1.165, 1.54) is 17.8 Å². The number of carbonyl (C=O) groups is 1. The molecule has 0 aliphatic heterocycles. The molecule has 0 atom stereocenters. The predicted octanol–water partition coefficient (Wildman–Crippen LogP) is 7.47. The monoisotopic (exact) mass is 603 g/mol. The van der Waals surface area contributed by atoms with Crippen molar-refractivity contribution in [2.75, 3.05) is 0 Å². The van der Waals surface area contributed by atoms with Crippen LogP contribution in [0.2, 0.25) is 0 Å². The van der Waals surface area contributed by atoms with Crippen molar-refractivity contribution >= 4 is 38.0 Å². The molecule has 2 saturated carbocycles. The largest absolute Gasteiger partial charge is 0.347 e. The van der Waals surface area contributed by atoms with Crippen molar-refractivity contribution in [2.45, 2.75) is 107 Å². The van der Waals surface area contributed by atoms with Crippen LogP contribution in [0.15, 0.2) is 41.3 Å². The van der Waals surface area contributed by atoms with Gasteiger partial charge in [-0.25, -0.2) is 26.9 Å². The molecule has 2 aliphatic rings. The van der Waals surface area contributed by atoms with Crippen LogP contribution < -0.4 is 10.0 Å². The lowest BCUT2D eigenvalue weighted by Gasteiger charge is -2.28. The van der Waals surface area contributed by atoms with Gasteiger partial charge in [0.1, 0.15) is 0 Å². The Balaban J connectivity index is 1.55. The highest BCUT2D eigenvalue weighted by Crippen LogP contribution is 2.42. The smallest absolute Gasteiger partial charge is 0.280 e. The highest BCUT2D eigenvalue weighted by atomic mass is 32.2. The lowest BCUT2D eigenvalue weighted by molar-refractivity contribution is -0.0457. The number of benzene rings is 2. The normalized spacial score (nSPS) is 19.0. The number of rotatable bonds is 7. The van der Waals surface area contributed by atoms with E-state index in [9.17, 15) is 22.0 Å². The fourth-order valence-corrected chi connectivity index (χ4v) is 8.70. The highest BCUT2D eigenvalue weighted by Gasteiger charge is 2.36. The van der Waals surface area contributed by atoms with E-state index in [0.29, 0.717) is 35.4 Å². The molecule has 1 heterocycles. The molecule has 2 fully saturated rings. The Bertz CT molecular complexity index is 1510. The molecule has 1 amide bonds. The number of nitrogens with zero attached hydrogens (tertiary/aromatic N) is 1. The summed E-state index contributed by atoms with van der Waals surface area (Å²) in [5.74, 6) is -2.78. The minimum atomic E-state index is -3.81. The first-order valence-electron chi connectivity index (χ1n) is 14.6. The first kappa shape index (κ1) is 30.0. The van der Waals surface area contributed by atoms with Crippen molar-refractivity contribution in [3.63, 3.8) is 0 Å². The first-order chi connectivity index (χ1) is 19.3. The van der Waals surface area contributed by atoms with Gasteiger partial charge in [0.15, 0.2) is 5.01 Å². The maximum absolute atomic E-state index is 13.9. The van der Waals surface area contributed by atoms with Gasteiger partial charge in [-0.2, -0.15) is 0 Å². The summed E-state index contributed by atoms with van der Waals surface area (Å²) in [6, 6.07) is 10.9. The Morgan fingerprint density at radius 2 is 1.66 bits per heavy atom. The Labute approximate surface area is 245 Å². The third-order valence-corrected chi connectivity index (χ3v) is 11.0. The number of aromatic nitrogens is 1. The maximum Gasteiger partial charge on any atom is 0.280 e. The zero-order chi connectivity index (χ0) is 29.4. The van der Waals surface area contributed by atoms with Gasteiger partial charge >= 0.3 is 0 Å². The minimum absolute atomic E-state index is 0.0478. The van der Waals surface area contributed by atoms with Crippen molar-refractivity contribution in [2.24, 2.45) is 5.92 Å². The van der Waals surface area contributed by atoms with E-state index in [2.05, 4.69) is 10.0 Å². The Kier molecular flexibility index (Phi) is 8.56. The molecular weight excluding hydrogens is 564 g/mol. The van der Waals surface area contributed by atoms with Crippen LogP contribution in [0.3, 0.4) is 0 Å². The lowest BCUT2D eigenvalue weighted by atomic mass is 9.83. The second-order valence-electron chi connectivity index (χ2n) is 12.6. The van der Waals surface area contributed by atoms with E-state index in [4.69, 9.17) is 4.98 Å². The van der Waals surface area contributed by atoms with Gasteiger partial charge in [0.05, 0.1) is 15.5 Å². The van der Waals surface area contributed by atoms with Crippen LogP contribution in [0.4, 0.5) is 8.78 Å². The number of hydrogen-bond donors (Lipinski definition) is 2. The molecule has 3 aromatic rings. The molecule has 2 aromatic carbocycles. The number of amides is 1. The van der Waals surface area contributed by atoms with Gasteiger partial charge in [0.25, 0.3) is 5.91 Å². The quantitative estimate of drug-likeness (QED) is 0.293. The molecule has 5 rings (SSSR count). The molecule has 41 heavy (non-hydrogen) atoms. The molecule has 0 bridgehead atoms. The van der Waals surface area contributed by atoms with Gasteiger partial charge in [-0.05, 0) is 70.2 Å². The molecular formula is C31H39F2N3O3S2. The summed E-state index contributed by atoms with van der Waals surface area (Å²) in [7, 11) is -3.81. The van der Waals surface area contributed by atoms with Crippen LogP contribution in [0.5, 0.6) is 0 Å². The SMILES string of the molecule is CC(C)(C)NS(=O)(=O)c1ccc(-c2sc(C(=O)NC3CCCCC3)nc2CC2CCC(F)(F)CC2)c2ccccc12. The van der Waals surface area contributed by atoms with Crippen molar-refractivity contribution in [1.82, 2.24) is 15.0 Å². The zero-order valence-electron chi connectivity index (χ0n) is 23.9. The molecule has 2 aliphatic carbocycles. The van der Waals surface area contributed by atoms with E-state index < -0.39 is 21.5 Å². The Morgan fingerprint density at radius 1 is 1.00 bits per heavy atom. The molecule has 0 unspecified atom stereocenters. The first-order valence-corrected chi connectivity index (χ1v) is 16.9. The molecule has 6 nitrogen and oxygen atoms in total. The lowest BCUT2D eigenvalue weighted by Crippen LogP contribution is -2.40. The number of hydrogen-bond acceptors (Lipinski definition) is 5. The summed E-state index contributed by atoms with van der Waals surface area (Å²) in [6.45, 7) is 5.39. The van der Waals surface area contributed by atoms with Gasteiger partial charge in [-0.3, -0.25) is 4.79 Å². The molecule has 0 saturated heterocycles. The van der Waals surface area contributed by atoms with Gasteiger partial charge in [0, 0.05) is 35.4 Å². The van der Waals surface area contributed by atoms with E-state index in [0.717, 1.165) is 41.5 Å². The van der Waals surface area contributed by atoms with Gasteiger partial charge < -0.3 is 5.32 Å². The van der Waals surface area contributed by atoms with Crippen molar-refractivity contribution in [3.05, 3.63) is 47.1 Å². The van der Waals surface area contributed by atoms with Gasteiger partial charge in [0.2, 0.25) is 15.9 Å². The third kappa shape index (κ3) is 7.14. The standard InChI is InChI=1S/C31H39F2N3O3S2/c1-30(2,3)36-41(38,39)26-14-13-24(22-11-7-8-12-23(22)26)27-25(19-20-15-17-31(32,33)18-16-20)35-29(40-27)28(37)34-21-9-5-4-6-10-21/h7-8,11-14,20-21,36H,4-6,9-10,15-19H2,1-3H3,(H,34,37). The topological polar surface area (TPSA) is 88.2 Å². The average Bonchev–Trinajstić information content (AvgIpc) is 3.32. The highest BCUT2D eigenvalue weighted by molar-refractivity contribution is 7.89. The fraction of sp³-hybridized carbons (Fsp3) is 0.548. The van der Waals surface area contributed by atoms with Crippen LogP contribution in [0.1, 0.15) is 94.1 Å². The zero-order valence-corrected chi connectivity index (χ0v) is 25.6. The van der Waals surface area contributed by atoms with E-state index in [-0.39, 0.29) is 35.6 Å². The second-order valence-corrected chi connectivity index (χ2v) is 15.3. The molecule has 0 spiro atoms. The number of fused-ring (bicyclic) bond motifs is 1. The summed E-state index contributed by atoms with van der Waals surface area (Å²) in [5, 5.41) is 4.82. The van der Waals surface area contributed by atoms with Crippen molar-refractivity contribution < 1.29 is 22.0 Å². The van der Waals surface area contributed by atoms with Crippen LogP contribution >= 0.6 is 11.3 Å². The molecule has 0 radical (unpaired) electrons. The molecule has 10 heteroatoms. The summed E-state index contributed by atoms with van der Waals surface area (Å²) < 4.78 is 57.2. The minimum Gasteiger partial charge on any atom is -0.347 e. The molecule has 1 aromatic heterocycles. The average molecular weight is 604 g/mol. The Morgan fingerprint density at radius 3 is 2.32 bits per heavy atom. The predicted molar refractivity (Wildman–Crippen MR) is 160 cm³/mol. The van der Waals surface area contributed by atoms with Crippen molar-refractivity contribution in [3.8, 4) is 10.4 Å². The third-order valence-electron chi connectivity index (χ3n) is 8.01. The Hall–Kier alpha value is -2.43. The molecule has 222 valence electrons. The number of alkyl halides is 2. The van der Waals surface area contributed by atoms with Crippen LogP contribution in [0, 0.1) is 5.92 Å². The van der Waals surface area contributed by atoms with Crippen LogP contribution in [-0.4, -0.2) is 36.8 Å². The number of carbonyl (C=O) groups excluding carboxylic acids is 1. The number of thiazole rings is 1. The van der Waals surface area contributed by atoms with Crippen LogP contribution in [-0.2, 0) is 16.4 Å². The summed E-state index contributed by atoms with van der Waals surface area (Å²) in [5.41, 5.74) is 0.856. The van der Waals surface area contributed by atoms with Gasteiger partial charge in [-0.15, -0.1) is 11.3 Å². The van der Waals surface area contributed by atoms with E-state index in [1.54, 1.807) is 45.0 Å². The fourth-order valence-electron chi connectivity index (χ4n) is 6.03. The van der Waals surface area contributed by atoms with E-state index >= 15 is 0 Å². The second kappa shape index (κ2) is 11.7. The number of nitrogens with one attached hydrogen (secondary N) is 2. The van der Waals surface area contributed by atoms with Gasteiger partial charge in [-0.1, -0.05) is 49.6 Å². The van der Waals surface area contributed by atoms with E-state index in [1.807, 2.05) is 12.1 Å². The number of halogens is 2. The van der Waals surface area contributed by atoms with Crippen LogP contribution in [0.25, 0.3) is 21.2 Å². The summed E-state index contributed by atoms with van der Waals surface area (Å²) in [4.78, 5) is 19.1. The summed E-state index contributed by atoms with van der Waals surface area (Å²) >= 11 is 1.30. The summed E-state index contributed by atoms with van der Waals surface area (Å²) in [6.07, 6.45) is 6.32. The van der Waals surface area contributed by atoms with Crippen molar-refractivity contribution in [1.29, 1.82) is 0 Å².